The highest BCUT2D eigenvalue weighted by atomic mass is 19.1. The SMILES string of the molecule is COc1ncccc1-c1cc(F)c(N(C)CCCC(=O)O)c(F)c1. The third-order valence-electron chi connectivity index (χ3n) is 3.56. The van der Waals surface area contributed by atoms with Crippen LogP contribution in [-0.2, 0) is 4.79 Å². The Morgan fingerprint density at radius 2 is 2.00 bits per heavy atom. The van der Waals surface area contributed by atoms with Crippen LogP contribution in [-0.4, -0.2) is 36.8 Å². The van der Waals surface area contributed by atoms with Crippen molar-refractivity contribution in [2.24, 2.45) is 0 Å². The van der Waals surface area contributed by atoms with Gasteiger partial charge in [0.05, 0.1) is 7.11 Å². The molecule has 24 heavy (non-hydrogen) atoms. The molecule has 0 atom stereocenters. The van der Waals surface area contributed by atoms with Crippen molar-refractivity contribution in [3.8, 4) is 17.0 Å². The van der Waals surface area contributed by atoms with Gasteiger partial charge < -0.3 is 14.7 Å². The maximum atomic E-state index is 14.4. The van der Waals surface area contributed by atoms with Gasteiger partial charge in [0.2, 0.25) is 5.88 Å². The van der Waals surface area contributed by atoms with Crippen LogP contribution < -0.4 is 9.64 Å². The van der Waals surface area contributed by atoms with Crippen LogP contribution in [0.15, 0.2) is 30.5 Å². The quantitative estimate of drug-likeness (QED) is 0.840. The number of rotatable bonds is 7. The third-order valence-corrected chi connectivity index (χ3v) is 3.56. The molecule has 0 aliphatic rings. The highest BCUT2D eigenvalue weighted by molar-refractivity contribution is 5.71. The second-order valence-corrected chi connectivity index (χ2v) is 5.27. The summed E-state index contributed by atoms with van der Waals surface area (Å²) in [5.41, 5.74) is 0.613. The summed E-state index contributed by atoms with van der Waals surface area (Å²) in [5.74, 6) is -2.12. The van der Waals surface area contributed by atoms with Gasteiger partial charge in [0.25, 0.3) is 0 Å². The molecular weight excluding hydrogens is 318 g/mol. The van der Waals surface area contributed by atoms with Crippen LogP contribution in [0.1, 0.15) is 12.8 Å². The normalized spacial score (nSPS) is 10.5. The molecule has 1 heterocycles. The van der Waals surface area contributed by atoms with Crippen molar-refractivity contribution < 1.29 is 23.4 Å². The highest BCUT2D eigenvalue weighted by Crippen LogP contribution is 2.33. The van der Waals surface area contributed by atoms with E-state index in [0.717, 1.165) is 0 Å². The summed E-state index contributed by atoms with van der Waals surface area (Å²) < 4.78 is 33.9. The maximum Gasteiger partial charge on any atom is 0.303 e. The lowest BCUT2D eigenvalue weighted by Crippen LogP contribution is -2.21. The van der Waals surface area contributed by atoms with Gasteiger partial charge in [-0.25, -0.2) is 13.8 Å². The number of methoxy groups -OCH3 is 1. The lowest BCUT2D eigenvalue weighted by atomic mass is 10.1. The Morgan fingerprint density at radius 1 is 1.33 bits per heavy atom. The molecule has 2 aromatic rings. The Kier molecular flexibility index (Phi) is 5.68. The first-order chi connectivity index (χ1) is 11.4. The van der Waals surface area contributed by atoms with Crippen molar-refractivity contribution in [3.05, 3.63) is 42.1 Å². The second-order valence-electron chi connectivity index (χ2n) is 5.27. The van der Waals surface area contributed by atoms with Crippen LogP contribution >= 0.6 is 0 Å². The molecule has 0 amide bonds. The third kappa shape index (κ3) is 3.98. The maximum absolute atomic E-state index is 14.4. The minimum absolute atomic E-state index is 0.0570. The molecule has 0 unspecified atom stereocenters. The Morgan fingerprint density at radius 3 is 2.58 bits per heavy atom. The summed E-state index contributed by atoms with van der Waals surface area (Å²) in [4.78, 5) is 15.9. The molecule has 0 aliphatic carbocycles. The van der Waals surface area contributed by atoms with E-state index < -0.39 is 17.6 Å². The van der Waals surface area contributed by atoms with E-state index in [4.69, 9.17) is 9.84 Å². The smallest absolute Gasteiger partial charge is 0.303 e. The van der Waals surface area contributed by atoms with Gasteiger partial charge in [0.1, 0.15) is 17.3 Å². The van der Waals surface area contributed by atoms with Crippen LogP contribution in [0, 0.1) is 11.6 Å². The molecule has 128 valence electrons. The topological polar surface area (TPSA) is 62.7 Å². The first-order valence-corrected chi connectivity index (χ1v) is 7.35. The minimum atomic E-state index is -0.941. The molecule has 2 rings (SSSR count). The second kappa shape index (κ2) is 7.72. The highest BCUT2D eigenvalue weighted by Gasteiger charge is 2.18. The number of benzene rings is 1. The van der Waals surface area contributed by atoms with E-state index in [1.54, 1.807) is 12.1 Å². The summed E-state index contributed by atoms with van der Waals surface area (Å²) in [6, 6.07) is 5.74. The van der Waals surface area contributed by atoms with Gasteiger partial charge in [-0.1, -0.05) is 0 Å². The van der Waals surface area contributed by atoms with Gasteiger partial charge in [0.15, 0.2) is 0 Å². The van der Waals surface area contributed by atoms with Crippen LogP contribution in [0.4, 0.5) is 14.5 Å². The minimum Gasteiger partial charge on any atom is -0.481 e. The predicted molar refractivity (Wildman–Crippen MR) is 86.3 cm³/mol. The Balaban J connectivity index is 2.30. The number of anilines is 1. The van der Waals surface area contributed by atoms with Crippen molar-refractivity contribution in [2.75, 3.05) is 25.6 Å². The number of ether oxygens (including phenoxy) is 1. The van der Waals surface area contributed by atoms with Gasteiger partial charge in [-0.3, -0.25) is 4.79 Å². The van der Waals surface area contributed by atoms with E-state index in [0.29, 0.717) is 17.5 Å². The van der Waals surface area contributed by atoms with Crippen molar-refractivity contribution in [1.82, 2.24) is 4.98 Å². The largest absolute Gasteiger partial charge is 0.481 e. The summed E-state index contributed by atoms with van der Waals surface area (Å²) in [6.45, 7) is 0.232. The lowest BCUT2D eigenvalue weighted by molar-refractivity contribution is -0.137. The standard InChI is InChI=1S/C17H18F2N2O3/c1-21(8-4-6-15(22)23)16-13(18)9-11(10-14(16)19)12-5-3-7-20-17(12)24-2/h3,5,7,9-10H,4,6,8H2,1-2H3,(H,22,23). The van der Waals surface area contributed by atoms with Gasteiger partial charge in [-0.2, -0.15) is 0 Å². The summed E-state index contributed by atoms with van der Waals surface area (Å²) in [5, 5.41) is 8.63. The van der Waals surface area contributed by atoms with E-state index in [9.17, 15) is 13.6 Å². The number of hydrogen-bond donors (Lipinski definition) is 1. The Hall–Kier alpha value is -2.70. The molecule has 0 spiro atoms. The van der Waals surface area contributed by atoms with Crippen molar-refractivity contribution in [3.63, 3.8) is 0 Å². The number of carboxylic acid groups (broad SMARTS) is 1. The lowest BCUT2D eigenvalue weighted by Gasteiger charge is -2.21. The number of carbonyl (C=O) groups is 1. The van der Waals surface area contributed by atoms with Crippen LogP contribution in [0.5, 0.6) is 5.88 Å². The molecule has 1 aromatic carbocycles. The van der Waals surface area contributed by atoms with Gasteiger partial charge >= 0.3 is 5.97 Å². The molecule has 0 bridgehead atoms. The van der Waals surface area contributed by atoms with Crippen LogP contribution in [0.25, 0.3) is 11.1 Å². The van der Waals surface area contributed by atoms with Gasteiger partial charge in [-0.05, 0) is 36.2 Å². The molecule has 0 saturated carbocycles. The zero-order valence-electron chi connectivity index (χ0n) is 13.4. The first kappa shape index (κ1) is 17.7. The molecule has 7 heteroatoms. The average molecular weight is 336 g/mol. The number of halogens is 2. The number of pyridine rings is 1. The first-order valence-electron chi connectivity index (χ1n) is 7.35. The van der Waals surface area contributed by atoms with Crippen molar-refractivity contribution in [2.45, 2.75) is 12.8 Å². The zero-order valence-corrected chi connectivity index (χ0v) is 13.4. The van der Waals surface area contributed by atoms with Gasteiger partial charge in [0, 0.05) is 31.8 Å². The molecular formula is C17H18F2N2O3. The number of nitrogens with zero attached hydrogens (tertiary/aromatic N) is 2. The molecule has 0 aliphatic heterocycles. The summed E-state index contributed by atoms with van der Waals surface area (Å²) in [6.07, 6.45) is 1.76. The van der Waals surface area contributed by atoms with Crippen LogP contribution in [0.2, 0.25) is 0 Å². The molecule has 0 saturated heterocycles. The predicted octanol–water partition coefficient (Wildman–Crippen LogP) is 3.34. The van der Waals surface area contributed by atoms with Gasteiger partial charge in [-0.15, -0.1) is 0 Å². The molecule has 0 radical (unpaired) electrons. The summed E-state index contributed by atoms with van der Waals surface area (Å²) in [7, 11) is 2.96. The van der Waals surface area contributed by atoms with Crippen molar-refractivity contribution >= 4 is 11.7 Å². The van der Waals surface area contributed by atoms with Crippen molar-refractivity contribution in [1.29, 1.82) is 0 Å². The fourth-order valence-corrected chi connectivity index (χ4v) is 2.44. The molecule has 5 nitrogen and oxygen atoms in total. The fourth-order valence-electron chi connectivity index (χ4n) is 2.44. The van der Waals surface area contributed by atoms with E-state index in [1.807, 2.05) is 0 Å². The number of aliphatic carboxylic acids is 1. The number of hydrogen-bond acceptors (Lipinski definition) is 4. The molecule has 1 aromatic heterocycles. The summed E-state index contributed by atoms with van der Waals surface area (Å²) >= 11 is 0. The number of carboxylic acids is 1. The Labute approximate surface area is 138 Å². The molecule has 1 N–H and O–H groups in total. The zero-order chi connectivity index (χ0) is 17.7. The van der Waals surface area contributed by atoms with E-state index >= 15 is 0 Å². The molecule has 0 fully saturated rings. The number of aromatic nitrogens is 1. The fraction of sp³-hybridized carbons (Fsp3) is 0.294. The average Bonchev–Trinajstić information content (AvgIpc) is 2.53. The Bertz CT molecular complexity index is 715. The van der Waals surface area contributed by atoms with E-state index in [2.05, 4.69) is 4.98 Å². The monoisotopic (exact) mass is 336 g/mol. The van der Waals surface area contributed by atoms with E-state index in [1.165, 1.54) is 37.4 Å². The van der Waals surface area contributed by atoms with Crippen LogP contribution in [0.3, 0.4) is 0 Å². The van der Waals surface area contributed by atoms with E-state index in [-0.39, 0.29) is 24.5 Å².